The molecule has 2 aromatic carbocycles. The number of benzene rings is 2. The van der Waals surface area contributed by atoms with Crippen LogP contribution in [0.3, 0.4) is 0 Å². The van der Waals surface area contributed by atoms with Crippen LogP contribution in [-0.4, -0.2) is 68.4 Å². The average Bonchev–Trinajstić information content (AvgIpc) is 3.52. The minimum atomic E-state index is -3.16. The second kappa shape index (κ2) is 12.6. The first-order valence-corrected chi connectivity index (χ1v) is 16.0. The fourth-order valence-electron chi connectivity index (χ4n) is 5.50. The third kappa shape index (κ3) is 7.43. The number of carbonyl (C=O) groups excluding carboxylic acids is 2. The molecule has 2 amide bonds. The fraction of sp³-hybridized carbons (Fsp3) is 0.448. The summed E-state index contributed by atoms with van der Waals surface area (Å²) in [5.74, 6) is -0.411. The summed E-state index contributed by atoms with van der Waals surface area (Å²) in [6, 6.07) is 13.2. The molecule has 3 aliphatic rings. The van der Waals surface area contributed by atoms with Gasteiger partial charge in [-0.3, -0.25) is 14.6 Å². The first-order chi connectivity index (χ1) is 19.7. The number of amides is 2. The minimum absolute atomic E-state index is 0.185. The standard InChI is InChI=1S/C29H37FN6O4S/c1-41(39,40)24-12-16-35(17-13-24)29(38)26(3-2-14-31-27-19-25(27)20-4-8-22(30)9-5-20)33-28(37)21-6-10-23(11-7-21)36-18-15-32-34-36/h4-11,15,18,24-27,31-32,34H,2-3,12-14,16-17,19H2,1H3,(H,33,37)/t25-,26-,27+/m0/s1. The van der Waals surface area contributed by atoms with Gasteiger partial charge >= 0.3 is 0 Å². The summed E-state index contributed by atoms with van der Waals surface area (Å²) in [5, 5.41) is 7.78. The number of halogens is 1. The monoisotopic (exact) mass is 584 g/mol. The van der Waals surface area contributed by atoms with E-state index in [4.69, 9.17) is 0 Å². The van der Waals surface area contributed by atoms with Crippen molar-refractivity contribution in [2.45, 2.75) is 55.4 Å². The molecular formula is C29H37FN6O4S. The summed E-state index contributed by atoms with van der Waals surface area (Å²) in [5.41, 5.74) is 8.19. The zero-order chi connectivity index (χ0) is 29.0. The summed E-state index contributed by atoms with van der Waals surface area (Å²) in [7, 11) is -3.16. The number of rotatable bonds is 11. The molecule has 1 aliphatic carbocycles. The van der Waals surface area contributed by atoms with Gasteiger partial charge in [-0.25, -0.2) is 12.8 Å². The molecule has 2 aliphatic heterocycles. The van der Waals surface area contributed by atoms with E-state index < -0.39 is 21.1 Å². The van der Waals surface area contributed by atoms with Crippen LogP contribution in [0.1, 0.15) is 53.9 Å². The SMILES string of the molecule is CS(=O)(=O)C1CCN(C(=O)[C@H](CCCN[C@@H]2C[C@H]2c2ccc(F)cc2)NC(=O)c2ccc(N3C=CNN3)cc2)CC1. The molecule has 12 heteroatoms. The number of likely N-dealkylation sites (tertiary alicyclic amines) is 1. The van der Waals surface area contributed by atoms with Gasteiger partial charge in [0.15, 0.2) is 0 Å². The van der Waals surface area contributed by atoms with E-state index in [9.17, 15) is 22.4 Å². The van der Waals surface area contributed by atoms with Gasteiger partial charge in [0.1, 0.15) is 21.7 Å². The van der Waals surface area contributed by atoms with Gasteiger partial charge in [-0.1, -0.05) is 12.1 Å². The Morgan fingerprint density at radius 3 is 2.41 bits per heavy atom. The number of anilines is 1. The van der Waals surface area contributed by atoms with Crippen molar-refractivity contribution < 1.29 is 22.4 Å². The van der Waals surface area contributed by atoms with Crippen LogP contribution in [0.15, 0.2) is 60.9 Å². The predicted molar refractivity (Wildman–Crippen MR) is 155 cm³/mol. The maximum Gasteiger partial charge on any atom is 0.251 e. The maximum absolute atomic E-state index is 13.5. The molecule has 2 heterocycles. The van der Waals surface area contributed by atoms with Crippen molar-refractivity contribution in [3.05, 3.63) is 77.9 Å². The fourth-order valence-corrected chi connectivity index (χ4v) is 6.56. The number of hydrogen-bond acceptors (Lipinski definition) is 8. The Hall–Kier alpha value is -3.48. The Balaban J connectivity index is 1.17. The number of nitrogens with one attached hydrogen (secondary N) is 4. The van der Waals surface area contributed by atoms with Gasteiger partial charge in [-0.05, 0) is 80.6 Å². The third-order valence-corrected chi connectivity index (χ3v) is 9.71. The van der Waals surface area contributed by atoms with E-state index in [-0.39, 0.29) is 17.6 Å². The van der Waals surface area contributed by atoms with Crippen LogP contribution < -0.4 is 26.6 Å². The Kier molecular flexibility index (Phi) is 8.91. The van der Waals surface area contributed by atoms with Crippen LogP contribution in [0.2, 0.25) is 0 Å². The van der Waals surface area contributed by atoms with Crippen LogP contribution in [0.25, 0.3) is 0 Å². The van der Waals surface area contributed by atoms with Gasteiger partial charge < -0.3 is 21.0 Å². The van der Waals surface area contributed by atoms with E-state index in [1.54, 1.807) is 28.2 Å². The van der Waals surface area contributed by atoms with Crippen molar-refractivity contribution >= 4 is 27.3 Å². The molecule has 0 aromatic heterocycles. The minimum Gasteiger partial charge on any atom is -0.341 e. The van der Waals surface area contributed by atoms with Gasteiger partial charge in [-0.15, -0.1) is 5.53 Å². The Morgan fingerprint density at radius 1 is 1.07 bits per heavy atom. The number of sulfone groups is 1. The molecule has 41 heavy (non-hydrogen) atoms. The van der Waals surface area contributed by atoms with Crippen LogP contribution in [0.5, 0.6) is 0 Å². The lowest BCUT2D eigenvalue weighted by atomic mass is 10.1. The van der Waals surface area contributed by atoms with Gasteiger partial charge in [0, 0.05) is 49.3 Å². The molecule has 1 saturated carbocycles. The third-order valence-electron chi connectivity index (χ3n) is 8.03. The quantitative estimate of drug-likeness (QED) is 0.297. The topological polar surface area (TPSA) is 123 Å². The van der Waals surface area contributed by atoms with E-state index >= 15 is 0 Å². The highest BCUT2D eigenvalue weighted by Crippen LogP contribution is 2.40. The van der Waals surface area contributed by atoms with Crippen molar-refractivity contribution in [3.63, 3.8) is 0 Å². The molecular weight excluding hydrogens is 547 g/mol. The highest BCUT2D eigenvalue weighted by atomic mass is 32.2. The van der Waals surface area contributed by atoms with Crippen LogP contribution in [0.4, 0.5) is 10.1 Å². The smallest absolute Gasteiger partial charge is 0.251 e. The normalized spacial score (nSPS) is 21.4. The maximum atomic E-state index is 13.5. The number of nitrogens with zero attached hydrogens (tertiary/aromatic N) is 2. The number of carbonyl (C=O) groups is 2. The van der Waals surface area contributed by atoms with Gasteiger partial charge in [0.25, 0.3) is 5.91 Å². The summed E-state index contributed by atoms with van der Waals surface area (Å²) in [6.07, 6.45) is 7.69. The van der Waals surface area contributed by atoms with Gasteiger partial charge in [0.2, 0.25) is 5.91 Å². The average molecular weight is 585 g/mol. The van der Waals surface area contributed by atoms with E-state index in [0.29, 0.717) is 62.8 Å². The Morgan fingerprint density at radius 2 is 1.78 bits per heavy atom. The summed E-state index contributed by atoms with van der Waals surface area (Å²) < 4.78 is 37.2. The molecule has 5 rings (SSSR count). The zero-order valence-electron chi connectivity index (χ0n) is 23.1. The van der Waals surface area contributed by atoms with Crippen molar-refractivity contribution in [1.29, 1.82) is 0 Å². The molecule has 10 nitrogen and oxygen atoms in total. The van der Waals surface area contributed by atoms with Crippen molar-refractivity contribution in [2.24, 2.45) is 0 Å². The molecule has 0 unspecified atom stereocenters. The molecule has 0 bridgehead atoms. The van der Waals surface area contributed by atoms with Crippen molar-refractivity contribution in [3.8, 4) is 0 Å². The predicted octanol–water partition coefficient (Wildman–Crippen LogP) is 2.19. The molecule has 3 atom stereocenters. The first-order valence-electron chi connectivity index (χ1n) is 14.0. The molecule has 4 N–H and O–H groups in total. The molecule has 0 spiro atoms. The summed E-state index contributed by atoms with van der Waals surface area (Å²) in [4.78, 5) is 28.4. The van der Waals surface area contributed by atoms with Crippen molar-refractivity contribution in [2.75, 3.05) is 30.9 Å². The highest BCUT2D eigenvalue weighted by Gasteiger charge is 2.38. The first kappa shape index (κ1) is 29.0. The van der Waals surface area contributed by atoms with Gasteiger partial charge in [0.05, 0.1) is 10.9 Å². The number of hydrazine groups is 2. The number of hydrogen-bond donors (Lipinski definition) is 4. The van der Waals surface area contributed by atoms with Gasteiger partial charge in [-0.2, -0.15) is 0 Å². The summed E-state index contributed by atoms with van der Waals surface area (Å²) in [6.45, 7) is 1.38. The van der Waals surface area contributed by atoms with E-state index in [1.807, 2.05) is 30.5 Å². The second-order valence-electron chi connectivity index (χ2n) is 11.0. The van der Waals surface area contributed by atoms with Crippen molar-refractivity contribution in [1.82, 2.24) is 26.5 Å². The molecule has 2 aromatic rings. The van der Waals surface area contributed by atoms with Crippen LogP contribution >= 0.6 is 0 Å². The van der Waals surface area contributed by atoms with Crippen LogP contribution in [0, 0.1) is 5.82 Å². The van der Waals surface area contributed by atoms with E-state index in [0.717, 1.165) is 17.7 Å². The summed E-state index contributed by atoms with van der Waals surface area (Å²) >= 11 is 0. The van der Waals surface area contributed by atoms with E-state index in [2.05, 4.69) is 21.6 Å². The van der Waals surface area contributed by atoms with E-state index in [1.165, 1.54) is 18.4 Å². The molecule has 2 fully saturated rings. The lowest BCUT2D eigenvalue weighted by Gasteiger charge is -2.34. The largest absolute Gasteiger partial charge is 0.341 e. The second-order valence-corrected chi connectivity index (χ2v) is 13.3. The lowest BCUT2D eigenvalue weighted by Crippen LogP contribution is -2.52. The number of piperidine rings is 1. The lowest BCUT2D eigenvalue weighted by molar-refractivity contribution is -0.134. The molecule has 1 saturated heterocycles. The Bertz CT molecular complexity index is 1360. The molecule has 220 valence electrons. The molecule has 0 radical (unpaired) electrons. The Labute approximate surface area is 240 Å². The highest BCUT2D eigenvalue weighted by molar-refractivity contribution is 7.91. The van der Waals surface area contributed by atoms with Crippen LogP contribution in [-0.2, 0) is 14.6 Å². The zero-order valence-corrected chi connectivity index (χ0v) is 23.9.